The van der Waals surface area contributed by atoms with E-state index >= 15 is 0 Å². The van der Waals surface area contributed by atoms with Crippen molar-refractivity contribution in [1.82, 2.24) is 14.8 Å². The van der Waals surface area contributed by atoms with Gasteiger partial charge in [0.25, 0.3) is 0 Å². The molecular formula is C6H10N4. The number of aryl methyl sites for hydroxylation is 1. The van der Waals surface area contributed by atoms with Crippen LogP contribution in [0.3, 0.4) is 0 Å². The summed E-state index contributed by atoms with van der Waals surface area (Å²) in [5, 5.41) is 7.91. The summed E-state index contributed by atoms with van der Waals surface area (Å²) in [6, 6.07) is 0.254. The number of nitrogens with zero attached hydrogens (tertiary/aromatic N) is 3. The lowest BCUT2D eigenvalue weighted by Gasteiger charge is -1.98. The molecule has 0 fully saturated rings. The lowest BCUT2D eigenvalue weighted by atomic mass is 10.3. The van der Waals surface area contributed by atoms with E-state index in [4.69, 9.17) is 5.73 Å². The highest BCUT2D eigenvalue weighted by molar-refractivity contribution is 5.02. The summed E-state index contributed by atoms with van der Waals surface area (Å²) in [5.41, 5.74) is 5.71. The van der Waals surface area contributed by atoms with E-state index < -0.39 is 0 Å². The van der Waals surface area contributed by atoms with Crippen molar-refractivity contribution in [3.05, 3.63) is 11.6 Å². The van der Waals surface area contributed by atoms with Crippen LogP contribution in [0.5, 0.6) is 0 Å². The Hall–Kier alpha value is -0.900. The highest BCUT2D eigenvalue weighted by atomic mass is 15.3. The van der Waals surface area contributed by atoms with Crippen molar-refractivity contribution in [2.75, 3.05) is 0 Å². The van der Waals surface area contributed by atoms with Gasteiger partial charge in [0.15, 0.2) is 0 Å². The summed E-state index contributed by atoms with van der Waals surface area (Å²) >= 11 is 0. The predicted octanol–water partition coefficient (Wildman–Crippen LogP) is -0.530. The average molecular weight is 138 g/mol. The molecule has 1 aromatic rings. The minimum absolute atomic E-state index is 0.254. The molecular weight excluding hydrogens is 128 g/mol. The number of nitrogens with two attached hydrogens (primary N) is 1. The van der Waals surface area contributed by atoms with Crippen LogP contribution < -0.4 is 5.73 Å². The van der Waals surface area contributed by atoms with Crippen molar-refractivity contribution in [2.45, 2.75) is 25.9 Å². The topological polar surface area (TPSA) is 56.7 Å². The van der Waals surface area contributed by atoms with Gasteiger partial charge in [0, 0.05) is 19.0 Å². The molecule has 0 bridgehead atoms. The molecule has 54 valence electrons. The second-order valence-electron chi connectivity index (χ2n) is 2.74. The monoisotopic (exact) mass is 138 g/mol. The minimum atomic E-state index is 0.254. The van der Waals surface area contributed by atoms with Crippen LogP contribution in [0, 0.1) is 6.92 Å². The van der Waals surface area contributed by atoms with E-state index in [2.05, 4.69) is 14.8 Å². The molecule has 0 saturated carbocycles. The Balaban J connectivity index is 2.44. The molecule has 0 spiro atoms. The summed E-state index contributed by atoms with van der Waals surface area (Å²) < 4.78 is 2.07. The molecule has 1 aliphatic rings. The first-order chi connectivity index (χ1) is 4.77. The van der Waals surface area contributed by atoms with Gasteiger partial charge in [-0.15, -0.1) is 10.2 Å². The van der Waals surface area contributed by atoms with E-state index in [0.717, 1.165) is 24.6 Å². The Morgan fingerprint density at radius 3 is 3.10 bits per heavy atom. The van der Waals surface area contributed by atoms with Crippen molar-refractivity contribution < 1.29 is 0 Å². The molecule has 4 heteroatoms. The SMILES string of the molecule is Cc1nnc2n1CC(N)C2. The second kappa shape index (κ2) is 1.79. The molecule has 0 aromatic carbocycles. The van der Waals surface area contributed by atoms with E-state index in [9.17, 15) is 0 Å². The largest absolute Gasteiger partial charge is 0.326 e. The van der Waals surface area contributed by atoms with Gasteiger partial charge in [-0.05, 0) is 6.92 Å². The lowest BCUT2D eigenvalue weighted by Crippen LogP contribution is -2.21. The third-order valence-electron chi connectivity index (χ3n) is 1.87. The van der Waals surface area contributed by atoms with Gasteiger partial charge in [0.05, 0.1) is 0 Å². The van der Waals surface area contributed by atoms with Gasteiger partial charge >= 0.3 is 0 Å². The first-order valence-electron chi connectivity index (χ1n) is 3.41. The Kier molecular flexibility index (Phi) is 1.05. The molecule has 2 heterocycles. The van der Waals surface area contributed by atoms with Crippen LogP contribution in [0.2, 0.25) is 0 Å². The summed E-state index contributed by atoms with van der Waals surface area (Å²) in [6.45, 7) is 2.84. The third-order valence-corrected chi connectivity index (χ3v) is 1.87. The zero-order valence-corrected chi connectivity index (χ0v) is 5.91. The third kappa shape index (κ3) is 0.654. The summed E-state index contributed by atoms with van der Waals surface area (Å²) in [4.78, 5) is 0. The smallest absolute Gasteiger partial charge is 0.134 e. The Labute approximate surface area is 59.1 Å². The number of aromatic nitrogens is 3. The molecule has 0 aliphatic carbocycles. The molecule has 4 nitrogen and oxygen atoms in total. The highest BCUT2D eigenvalue weighted by Crippen LogP contribution is 2.11. The normalized spacial score (nSPS) is 23.2. The Morgan fingerprint density at radius 2 is 2.40 bits per heavy atom. The van der Waals surface area contributed by atoms with Gasteiger partial charge < -0.3 is 10.3 Å². The maximum Gasteiger partial charge on any atom is 0.134 e. The molecule has 1 aliphatic heterocycles. The van der Waals surface area contributed by atoms with Gasteiger partial charge in [-0.3, -0.25) is 0 Å². The van der Waals surface area contributed by atoms with Gasteiger partial charge in [0.1, 0.15) is 11.6 Å². The number of fused-ring (bicyclic) bond motifs is 1. The Morgan fingerprint density at radius 1 is 1.60 bits per heavy atom. The first-order valence-corrected chi connectivity index (χ1v) is 3.41. The van der Waals surface area contributed by atoms with Crippen LogP contribution in [0.1, 0.15) is 11.6 Å². The standard InChI is InChI=1S/C6H10N4/c1-4-8-9-6-2-5(7)3-10(4)6/h5H,2-3,7H2,1H3. The van der Waals surface area contributed by atoms with Gasteiger partial charge in [-0.2, -0.15) is 0 Å². The molecule has 0 amide bonds. The van der Waals surface area contributed by atoms with Crippen molar-refractivity contribution in [1.29, 1.82) is 0 Å². The minimum Gasteiger partial charge on any atom is -0.326 e. The summed E-state index contributed by atoms with van der Waals surface area (Å²) in [6.07, 6.45) is 0.876. The van der Waals surface area contributed by atoms with Gasteiger partial charge in [-0.25, -0.2) is 0 Å². The highest BCUT2D eigenvalue weighted by Gasteiger charge is 2.20. The van der Waals surface area contributed by atoms with Crippen molar-refractivity contribution in [3.63, 3.8) is 0 Å². The van der Waals surface area contributed by atoms with Crippen molar-refractivity contribution in [2.24, 2.45) is 5.73 Å². The van der Waals surface area contributed by atoms with Crippen LogP contribution in [0.15, 0.2) is 0 Å². The fourth-order valence-corrected chi connectivity index (χ4v) is 1.35. The quantitative estimate of drug-likeness (QED) is 0.524. The molecule has 1 aromatic heterocycles. The lowest BCUT2D eigenvalue weighted by molar-refractivity contribution is 0.622. The number of rotatable bonds is 0. The van der Waals surface area contributed by atoms with Crippen molar-refractivity contribution in [3.8, 4) is 0 Å². The van der Waals surface area contributed by atoms with Crippen LogP contribution >= 0.6 is 0 Å². The van der Waals surface area contributed by atoms with Gasteiger partial charge in [-0.1, -0.05) is 0 Å². The van der Waals surface area contributed by atoms with E-state index in [1.807, 2.05) is 6.92 Å². The van der Waals surface area contributed by atoms with E-state index in [1.165, 1.54) is 0 Å². The number of hydrogen-bond donors (Lipinski definition) is 1. The fraction of sp³-hybridized carbons (Fsp3) is 0.667. The molecule has 2 N–H and O–H groups in total. The maximum absolute atomic E-state index is 5.71. The van der Waals surface area contributed by atoms with Gasteiger partial charge in [0.2, 0.25) is 0 Å². The maximum atomic E-state index is 5.71. The molecule has 0 saturated heterocycles. The van der Waals surface area contributed by atoms with Crippen LogP contribution in [-0.2, 0) is 13.0 Å². The second-order valence-corrected chi connectivity index (χ2v) is 2.74. The molecule has 1 atom stereocenters. The van der Waals surface area contributed by atoms with E-state index in [1.54, 1.807) is 0 Å². The number of hydrogen-bond acceptors (Lipinski definition) is 3. The van der Waals surface area contributed by atoms with Crippen molar-refractivity contribution >= 4 is 0 Å². The summed E-state index contributed by atoms with van der Waals surface area (Å²) in [5.74, 6) is 2.01. The zero-order chi connectivity index (χ0) is 7.14. The first kappa shape index (κ1) is 5.85. The Bertz CT molecular complexity index is 252. The molecule has 10 heavy (non-hydrogen) atoms. The molecule has 0 radical (unpaired) electrons. The van der Waals surface area contributed by atoms with Crippen LogP contribution in [0.4, 0.5) is 0 Å². The van der Waals surface area contributed by atoms with Crippen LogP contribution in [0.25, 0.3) is 0 Å². The zero-order valence-electron chi connectivity index (χ0n) is 5.91. The van der Waals surface area contributed by atoms with Crippen LogP contribution in [-0.4, -0.2) is 20.8 Å². The molecule has 1 unspecified atom stereocenters. The average Bonchev–Trinajstić information content (AvgIpc) is 2.35. The molecule has 2 rings (SSSR count). The van der Waals surface area contributed by atoms with E-state index in [0.29, 0.717) is 0 Å². The van der Waals surface area contributed by atoms with E-state index in [-0.39, 0.29) is 6.04 Å². The fourth-order valence-electron chi connectivity index (χ4n) is 1.35. The predicted molar refractivity (Wildman–Crippen MR) is 36.4 cm³/mol. The summed E-state index contributed by atoms with van der Waals surface area (Å²) in [7, 11) is 0.